The van der Waals surface area contributed by atoms with Crippen LogP contribution in [-0.2, 0) is 30.3 Å². The fourth-order valence-corrected chi connectivity index (χ4v) is 6.55. The van der Waals surface area contributed by atoms with E-state index >= 15 is 0 Å². The zero-order valence-electron chi connectivity index (χ0n) is 27.2. The summed E-state index contributed by atoms with van der Waals surface area (Å²) in [6.07, 6.45) is -5.67. The fourth-order valence-electron chi connectivity index (χ4n) is 6.55. The van der Waals surface area contributed by atoms with Crippen LogP contribution >= 0.6 is 0 Å². The summed E-state index contributed by atoms with van der Waals surface area (Å²) in [5, 5.41) is 50.5. The Hall–Kier alpha value is -4.41. The van der Waals surface area contributed by atoms with Crippen molar-refractivity contribution in [1.82, 2.24) is 15.5 Å². The number of methoxy groups -OCH3 is 1. The first kappa shape index (κ1) is 34.9. The predicted octanol–water partition coefficient (Wildman–Crippen LogP) is -0.136. The van der Waals surface area contributed by atoms with Crippen LogP contribution in [0.3, 0.4) is 0 Å². The number of hydrogen-bond donors (Lipinski definition) is 6. The second kappa shape index (κ2) is 13.2. The molecular formula is C33H39N3O12. The number of fused-ring (bicyclic) bond motifs is 3. The van der Waals surface area contributed by atoms with Gasteiger partial charge in [-0.15, -0.1) is 0 Å². The van der Waals surface area contributed by atoms with Gasteiger partial charge in [0.2, 0.25) is 17.6 Å². The number of ketones is 3. The van der Waals surface area contributed by atoms with E-state index in [1.165, 1.54) is 32.2 Å². The number of aliphatic hydroxyl groups is 2. The molecule has 1 heterocycles. The summed E-state index contributed by atoms with van der Waals surface area (Å²) in [6.45, 7) is 2.40. The maximum Gasteiger partial charge on any atom is 0.239 e. The van der Waals surface area contributed by atoms with Crippen LogP contribution in [0.1, 0.15) is 75.8 Å². The second-order valence-electron chi connectivity index (χ2n) is 12.7. The minimum Gasteiger partial charge on any atom is -0.507 e. The van der Waals surface area contributed by atoms with Gasteiger partial charge in [-0.05, 0) is 34.0 Å². The zero-order chi connectivity index (χ0) is 35.2. The van der Waals surface area contributed by atoms with Crippen LogP contribution in [0.4, 0.5) is 0 Å². The molecule has 1 fully saturated rings. The van der Waals surface area contributed by atoms with Crippen molar-refractivity contribution in [1.29, 1.82) is 0 Å². The van der Waals surface area contributed by atoms with Gasteiger partial charge in [0.25, 0.3) is 0 Å². The molecule has 2 amide bonds. The Labute approximate surface area is 275 Å². The molecule has 48 heavy (non-hydrogen) atoms. The van der Waals surface area contributed by atoms with Crippen molar-refractivity contribution >= 4 is 29.2 Å². The molecule has 258 valence electrons. The maximum absolute atomic E-state index is 13.8. The van der Waals surface area contributed by atoms with Gasteiger partial charge in [0, 0.05) is 36.0 Å². The lowest BCUT2D eigenvalue weighted by atomic mass is 9.72. The molecule has 0 aromatic heterocycles. The van der Waals surface area contributed by atoms with Crippen LogP contribution in [-0.4, -0.2) is 119 Å². The molecule has 0 saturated carbocycles. The number of ether oxygens (including phenoxy) is 3. The Morgan fingerprint density at radius 2 is 1.75 bits per heavy atom. The van der Waals surface area contributed by atoms with E-state index in [9.17, 15) is 44.4 Å². The van der Waals surface area contributed by atoms with Gasteiger partial charge >= 0.3 is 0 Å². The molecule has 0 radical (unpaired) electrons. The number of aliphatic hydroxyl groups excluding tert-OH is 1. The fraction of sp³-hybridized carbons (Fsp3) is 0.485. The van der Waals surface area contributed by atoms with Gasteiger partial charge in [0.05, 0.1) is 55.1 Å². The van der Waals surface area contributed by atoms with E-state index in [2.05, 4.69) is 10.6 Å². The van der Waals surface area contributed by atoms with Crippen molar-refractivity contribution in [3.63, 3.8) is 0 Å². The number of benzene rings is 2. The SMILES string of the molecule is COc1cccc2c1C(=O)c1c(O)c3c(c(O)c1C2=O)CC(O)(C(C)=O)CC3OC1CC(NC(=O)CNC(=O)CN(C)C)C(O)C(C)O1. The summed E-state index contributed by atoms with van der Waals surface area (Å²) in [5.74, 6) is -4.47. The highest BCUT2D eigenvalue weighted by molar-refractivity contribution is 6.31. The summed E-state index contributed by atoms with van der Waals surface area (Å²) in [6, 6.07) is 3.45. The zero-order valence-corrected chi connectivity index (χ0v) is 27.2. The number of carbonyl (C=O) groups excluding carboxylic acids is 5. The maximum atomic E-state index is 13.8. The van der Waals surface area contributed by atoms with E-state index in [-0.39, 0.29) is 53.4 Å². The molecule has 15 nitrogen and oxygen atoms in total. The number of amides is 2. The molecule has 2 aromatic rings. The lowest BCUT2D eigenvalue weighted by Gasteiger charge is -2.42. The Morgan fingerprint density at radius 1 is 1.06 bits per heavy atom. The Balaban J connectivity index is 1.48. The van der Waals surface area contributed by atoms with Crippen LogP contribution in [0.25, 0.3) is 0 Å². The third-order valence-electron chi connectivity index (χ3n) is 9.01. The Bertz CT molecular complexity index is 1690. The van der Waals surface area contributed by atoms with Crippen LogP contribution in [0.5, 0.6) is 17.2 Å². The summed E-state index contributed by atoms with van der Waals surface area (Å²) in [5.41, 5.74) is -3.50. The predicted molar refractivity (Wildman–Crippen MR) is 166 cm³/mol. The van der Waals surface area contributed by atoms with Gasteiger partial charge in [-0.25, -0.2) is 0 Å². The summed E-state index contributed by atoms with van der Waals surface area (Å²) in [4.78, 5) is 66.4. The van der Waals surface area contributed by atoms with E-state index in [1.807, 2.05) is 0 Å². The van der Waals surface area contributed by atoms with Crippen molar-refractivity contribution in [2.75, 3.05) is 34.3 Å². The van der Waals surface area contributed by atoms with Gasteiger partial charge in [-0.1, -0.05) is 12.1 Å². The highest BCUT2D eigenvalue weighted by Crippen LogP contribution is 2.52. The number of Topliss-reactive ketones (excluding diaryl/α,β-unsaturated/α-hetero) is 1. The number of nitrogens with one attached hydrogen (secondary N) is 2. The molecule has 1 saturated heterocycles. The minimum absolute atomic E-state index is 0.0551. The van der Waals surface area contributed by atoms with Crippen molar-refractivity contribution in [3.8, 4) is 17.2 Å². The average molecular weight is 670 g/mol. The first-order chi connectivity index (χ1) is 22.6. The molecule has 6 unspecified atom stereocenters. The monoisotopic (exact) mass is 669 g/mol. The summed E-state index contributed by atoms with van der Waals surface area (Å²) < 4.78 is 17.4. The second-order valence-corrected chi connectivity index (χ2v) is 12.7. The number of phenols is 2. The number of phenolic OH excluding ortho intramolecular Hbond substituents is 2. The van der Waals surface area contributed by atoms with E-state index in [0.29, 0.717) is 0 Å². The van der Waals surface area contributed by atoms with Gasteiger partial charge in [-0.3, -0.25) is 24.0 Å². The van der Waals surface area contributed by atoms with E-state index in [1.54, 1.807) is 19.0 Å². The van der Waals surface area contributed by atoms with Crippen LogP contribution in [0, 0.1) is 0 Å². The molecule has 15 heteroatoms. The van der Waals surface area contributed by atoms with Gasteiger partial charge in [0.15, 0.2) is 17.9 Å². The molecule has 0 bridgehead atoms. The Kier molecular flexibility index (Phi) is 9.63. The quantitative estimate of drug-likeness (QED) is 0.164. The smallest absolute Gasteiger partial charge is 0.239 e. The largest absolute Gasteiger partial charge is 0.507 e. The van der Waals surface area contributed by atoms with Crippen molar-refractivity contribution in [2.24, 2.45) is 0 Å². The number of likely N-dealkylation sites (N-methyl/N-ethyl adjacent to an activating group) is 1. The van der Waals surface area contributed by atoms with E-state index in [4.69, 9.17) is 14.2 Å². The van der Waals surface area contributed by atoms with Crippen molar-refractivity contribution in [2.45, 2.75) is 69.4 Å². The standard InChI is InChI=1S/C33H39N3O12/c1-14-28(40)18(35-21(38)12-34-22(39)13-36(3)4)9-23(47-14)48-20-11-33(45,15(2)37)10-17-25(20)32(44)27-26(30(17)42)29(41)16-7-6-8-19(46-5)24(16)31(27)43/h6-8,14,18,20,23,28,40,42,44-45H,9-13H2,1-5H3,(H,34,39)(H,35,38). The van der Waals surface area contributed by atoms with Crippen LogP contribution < -0.4 is 15.4 Å². The molecule has 3 aliphatic rings. The Morgan fingerprint density at radius 3 is 2.40 bits per heavy atom. The summed E-state index contributed by atoms with van der Waals surface area (Å²) >= 11 is 0. The number of carbonyl (C=O) groups is 5. The highest BCUT2D eigenvalue weighted by Gasteiger charge is 2.49. The molecule has 1 aliphatic heterocycles. The van der Waals surface area contributed by atoms with Gasteiger partial charge in [0.1, 0.15) is 29.0 Å². The third kappa shape index (κ3) is 6.26. The van der Waals surface area contributed by atoms with Crippen LogP contribution in [0.2, 0.25) is 0 Å². The van der Waals surface area contributed by atoms with Gasteiger partial charge < -0.3 is 50.2 Å². The molecule has 2 aliphatic carbocycles. The first-order valence-electron chi connectivity index (χ1n) is 15.4. The number of rotatable bonds is 9. The average Bonchev–Trinajstić information content (AvgIpc) is 3.01. The highest BCUT2D eigenvalue weighted by atomic mass is 16.7. The number of hydrogen-bond acceptors (Lipinski definition) is 13. The van der Waals surface area contributed by atoms with Gasteiger partial charge in [-0.2, -0.15) is 0 Å². The molecule has 2 aromatic carbocycles. The molecule has 5 rings (SSSR count). The molecule has 6 atom stereocenters. The van der Waals surface area contributed by atoms with Crippen molar-refractivity contribution in [3.05, 3.63) is 51.6 Å². The number of nitrogens with zero attached hydrogens (tertiary/aromatic N) is 1. The molecular weight excluding hydrogens is 630 g/mol. The molecule has 0 spiro atoms. The van der Waals surface area contributed by atoms with E-state index in [0.717, 1.165) is 6.92 Å². The molecule has 6 N–H and O–H groups in total. The normalized spacial score (nSPS) is 26.3. The lowest BCUT2D eigenvalue weighted by molar-refractivity contribution is -0.249. The minimum atomic E-state index is -2.10. The number of aromatic hydroxyl groups is 2. The topological polar surface area (TPSA) is 221 Å². The third-order valence-corrected chi connectivity index (χ3v) is 9.01. The summed E-state index contributed by atoms with van der Waals surface area (Å²) in [7, 11) is 4.72. The van der Waals surface area contributed by atoms with E-state index < -0.39 is 95.0 Å². The van der Waals surface area contributed by atoms with Crippen molar-refractivity contribution < 1.29 is 58.6 Å². The first-order valence-corrected chi connectivity index (χ1v) is 15.4. The lowest BCUT2D eigenvalue weighted by Crippen LogP contribution is -2.57. The van der Waals surface area contributed by atoms with Crippen LogP contribution in [0.15, 0.2) is 18.2 Å².